The molecule has 0 saturated heterocycles. The second-order valence-electron chi connectivity index (χ2n) is 3.27. The van der Waals surface area contributed by atoms with Crippen molar-refractivity contribution in [2.24, 2.45) is 0 Å². The van der Waals surface area contributed by atoms with E-state index in [-0.39, 0.29) is 11.7 Å². The number of non-ortho nitro benzene ring substituents is 1. The summed E-state index contributed by atoms with van der Waals surface area (Å²) in [6.07, 6.45) is 5.12. The highest BCUT2D eigenvalue weighted by Crippen LogP contribution is 2.26. The Morgan fingerprint density at radius 3 is 2.88 bits per heavy atom. The monoisotopic (exact) mass is 238 g/mol. The van der Waals surface area contributed by atoms with E-state index in [1.165, 1.54) is 12.1 Å². The summed E-state index contributed by atoms with van der Waals surface area (Å²) in [4.78, 5) is 10.0. The lowest BCUT2D eigenvalue weighted by Gasteiger charge is -2.13. The largest absolute Gasteiger partial charge is 0.300 e. The number of halogens is 1. The molecule has 0 radical (unpaired) electrons. The smallest absolute Gasteiger partial charge is 0.270 e. The highest BCUT2D eigenvalue weighted by molar-refractivity contribution is 6.31. The predicted molar refractivity (Wildman–Crippen MR) is 63.4 cm³/mol. The lowest BCUT2D eigenvalue weighted by Crippen LogP contribution is -2.18. The van der Waals surface area contributed by atoms with Crippen LogP contribution in [-0.4, -0.2) is 11.5 Å². The summed E-state index contributed by atoms with van der Waals surface area (Å²) < 4.78 is 0. The molecule has 1 unspecified atom stereocenters. The van der Waals surface area contributed by atoms with E-state index in [0.717, 1.165) is 5.56 Å². The van der Waals surface area contributed by atoms with Crippen molar-refractivity contribution in [1.29, 1.82) is 0 Å². The maximum absolute atomic E-state index is 10.5. The van der Waals surface area contributed by atoms with Crippen LogP contribution in [-0.2, 0) is 0 Å². The molecule has 0 bridgehead atoms. The lowest BCUT2D eigenvalue weighted by atomic mass is 10.1. The molecule has 1 rings (SSSR count). The fraction of sp³-hybridized carbons (Fsp3) is 0.273. The second kappa shape index (κ2) is 5.50. The Morgan fingerprint density at radius 2 is 2.38 bits per heavy atom. The Balaban J connectivity index is 2.91. The van der Waals surface area contributed by atoms with E-state index in [1.807, 2.05) is 6.92 Å². The Kier molecular flexibility index (Phi) is 4.29. The van der Waals surface area contributed by atoms with E-state index in [9.17, 15) is 10.1 Å². The molecule has 1 atom stereocenters. The molecular weight excluding hydrogens is 228 g/mol. The quantitative estimate of drug-likeness (QED) is 0.498. The van der Waals surface area contributed by atoms with Crippen LogP contribution >= 0.6 is 11.6 Å². The number of benzene rings is 1. The van der Waals surface area contributed by atoms with Crippen molar-refractivity contribution < 1.29 is 4.92 Å². The average molecular weight is 239 g/mol. The minimum atomic E-state index is -0.477. The SMILES string of the molecule is C#CCNC(C)c1ccc([N+](=O)[O-])cc1Cl. The molecule has 16 heavy (non-hydrogen) atoms. The van der Waals surface area contributed by atoms with E-state index in [2.05, 4.69) is 11.2 Å². The summed E-state index contributed by atoms with van der Waals surface area (Å²) in [5.41, 5.74) is 0.778. The molecule has 0 aliphatic rings. The van der Waals surface area contributed by atoms with Crippen LogP contribution in [0.15, 0.2) is 18.2 Å². The van der Waals surface area contributed by atoms with Gasteiger partial charge in [-0.15, -0.1) is 6.42 Å². The Hall–Kier alpha value is -1.57. The molecule has 0 aliphatic carbocycles. The molecule has 5 heteroatoms. The summed E-state index contributed by atoms with van der Waals surface area (Å²) in [5.74, 6) is 2.46. The van der Waals surface area contributed by atoms with Crippen LogP contribution in [0.3, 0.4) is 0 Å². The number of hydrogen-bond donors (Lipinski definition) is 1. The van der Waals surface area contributed by atoms with Gasteiger partial charge in [0.1, 0.15) is 0 Å². The zero-order valence-corrected chi connectivity index (χ0v) is 9.49. The lowest BCUT2D eigenvalue weighted by molar-refractivity contribution is -0.384. The molecule has 0 heterocycles. The first-order valence-corrected chi connectivity index (χ1v) is 5.04. The van der Waals surface area contributed by atoms with E-state index < -0.39 is 4.92 Å². The van der Waals surface area contributed by atoms with Gasteiger partial charge in [0.05, 0.1) is 16.5 Å². The zero-order valence-electron chi connectivity index (χ0n) is 8.74. The minimum absolute atomic E-state index is 0.0158. The molecule has 4 nitrogen and oxygen atoms in total. The summed E-state index contributed by atoms with van der Waals surface area (Å²) >= 11 is 5.95. The molecule has 1 aromatic carbocycles. The number of hydrogen-bond acceptors (Lipinski definition) is 3. The van der Waals surface area contributed by atoms with Crippen LogP contribution in [0.4, 0.5) is 5.69 Å². The number of rotatable bonds is 4. The number of nitrogens with one attached hydrogen (secondary N) is 1. The molecule has 0 spiro atoms. The average Bonchev–Trinajstić information content (AvgIpc) is 2.25. The van der Waals surface area contributed by atoms with Crippen molar-refractivity contribution >= 4 is 17.3 Å². The molecule has 1 N–H and O–H groups in total. The van der Waals surface area contributed by atoms with Gasteiger partial charge in [-0.05, 0) is 18.6 Å². The molecule has 0 aromatic heterocycles. The van der Waals surface area contributed by atoms with Crippen molar-refractivity contribution in [2.75, 3.05) is 6.54 Å². The number of nitrogens with zero attached hydrogens (tertiary/aromatic N) is 1. The van der Waals surface area contributed by atoms with Crippen molar-refractivity contribution in [3.8, 4) is 12.3 Å². The van der Waals surface area contributed by atoms with Crippen LogP contribution in [0.5, 0.6) is 0 Å². The van der Waals surface area contributed by atoms with E-state index in [1.54, 1.807) is 6.07 Å². The van der Waals surface area contributed by atoms with Crippen LogP contribution < -0.4 is 5.32 Å². The van der Waals surface area contributed by atoms with Gasteiger partial charge in [-0.1, -0.05) is 17.5 Å². The highest BCUT2D eigenvalue weighted by atomic mass is 35.5. The van der Waals surface area contributed by atoms with Crippen molar-refractivity contribution in [1.82, 2.24) is 5.32 Å². The van der Waals surface area contributed by atoms with Gasteiger partial charge in [0.2, 0.25) is 0 Å². The first-order valence-electron chi connectivity index (χ1n) is 4.67. The van der Waals surface area contributed by atoms with Crippen LogP contribution in [0.1, 0.15) is 18.5 Å². The van der Waals surface area contributed by atoms with E-state index >= 15 is 0 Å². The molecular formula is C11H11ClN2O2. The van der Waals surface area contributed by atoms with Crippen molar-refractivity contribution in [3.63, 3.8) is 0 Å². The summed E-state index contributed by atoms with van der Waals surface area (Å²) in [5, 5.41) is 13.9. The van der Waals surface area contributed by atoms with Gasteiger partial charge in [-0.3, -0.25) is 15.4 Å². The van der Waals surface area contributed by atoms with Gasteiger partial charge in [-0.25, -0.2) is 0 Å². The maximum atomic E-state index is 10.5. The Morgan fingerprint density at radius 1 is 1.69 bits per heavy atom. The third-order valence-corrected chi connectivity index (χ3v) is 2.50. The van der Waals surface area contributed by atoms with Gasteiger partial charge >= 0.3 is 0 Å². The van der Waals surface area contributed by atoms with Gasteiger partial charge in [0.25, 0.3) is 5.69 Å². The van der Waals surface area contributed by atoms with Crippen LogP contribution in [0.2, 0.25) is 5.02 Å². The molecule has 0 amide bonds. The van der Waals surface area contributed by atoms with Crippen LogP contribution in [0.25, 0.3) is 0 Å². The Labute approximate surface area is 98.8 Å². The zero-order chi connectivity index (χ0) is 12.1. The van der Waals surface area contributed by atoms with Crippen molar-refractivity contribution in [3.05, 3.63) is 38.9 Å². The van der Waals surface area contributed by atoms with Gasteiger partial charge < -0.3 is 0 Å². The maximum Gasteiger partial charge on any atom is 0.270 e. The fourth-order valence-corrected chi connectivity index (χ4v) is 1.64. The van der Waals surface area contributed by atoms with Crippen molar-refractivity contribution in [2.45, 2.75) is 13.0 Å². The topological polar surface area (TPSA) is 55.2 Å². The van der Waals surface area contributed by atoms with Gasteiger partial charge in [0.15, 0.2) is 0 Å². The van der Waals surface area contributed by atoms with E-state index in [0.29, 0.717) is 11.6 Å². The molecule has 1 aromatic rings. The minimum Gasteiger partial charge on any atom is -0.300 e. The molecule has 0 aliphatic heterocycles. The van der Waals surface area contributed by atoms with Gasteiger partial charge in [0, 0.05) is 18.2 Å². The summed E-state index contributed by atoms with van der Waals surface area (Å²) in [7, 11) is 0. The third-order valence-electron chi connectivity index (χ3n) is 2.17. The predicted octanol–water partition coefficient (Wildman–Crippen LogP) is 2.53. The number of terminal acetylenes is 1. The summed E-state index contributed by atoms with van der Waals surface area (Å²) in [6, 6.07) is 4.36. The third kappa shape index (κ3) is 2.96. The van der Waals surface area contributed by atoms with Gasteiger partial charge in [-0.2, -0.15) is 0 Å². The van der Waals surface area contributed by atoms with E-state index in [4.69, 9.17) is 18.0 Å². The summed E-state index contributed by atoms with van der Waals surface area (Å²) in [6.45, 7) is 2.32. The number of nitro benzene ring substituents is 1. The standard InChI is InChI=1S/C11H11ClN2O2/c1-3-6-13-8(2)10-5-4-9(14(15)16)7-11(10)12/h1,4-5,7-8,13H,6H2,2H3. The highest BCUT2D eigenvalue weighted by Gasteiger charge is 2.13. The van der Waals surface area contributed by atoms with Crippen LogP contribution in [0, 0.1) is 22.5 Å². The normalized spacial score (nSPS) is 11.8. The first kappa shape index (κ1) is 12.5. The molecule has 84 valence electrons. The molecule has 0 fully saturated rings. The second-order valence-corrected chi connectivity index (χ2v) is 3.68. The molecule has 0 saturated carbocycles. The number of nitro groups is 1. The first-order chi connectivity index (χ1) is 7.56. The Bertz CT molecular complexity index is 440. The fourth-order valence-electron chi connectivity index (χ4n) is 1.30.